The Morgan fingerprint density at radius 1 is 1.00 bits per heavy atom. The van der Waals surface area contributed by atoms with Gasteiger partial charge in [-0.3, -0.25) is 9.69 Å². The summed E-state index contributed by atoms with van der Waals surface area (Å²) >= 11 is 0. The van der Waals surface area contributed by atoms with E-state index in [0.29, 0.717) is 32.7 Å². The maximum absolute atomic E-state index is 13.4. The second kappa shape index (κ2) is 11.9. The molecule has 3 unspecified atom stereocenters. The van der Waals surface area contributed by atoms with E-state index in [-0.39, 0.29) is 23.8 Å². The van der Waals surface area contributed by atoms with Crippen LogP contribution in [0.2, 0.25) is 0 Å². The summed E-state index contributed by atoms with van der Waals surface area (Å²) in [7, 11) is 1.65. The first-order chi connectivity index (χ1) is 18.5. The molecule has 2 N–H and O–H groups in total. The fraction of sp³-hybridized carbons (Fsp3) is 0.323. The van der Waals surface area contributed by atoms with Crippen LogP contribution in [0.5, 0.6) is 0 Å². The molecule has 6 nitrogen and oxygen atoms in total. The van der Waals surface area contributed by atoms with Gasteiger partial charge in [-0.05, 0) is 59.0 Å². The first-order valence-corrected chi connectivity index (χ1v) is 13.1. The summed E-state index contributed by atoms with van der Waals surface area (Å²) in [6, 6.07) is 24.2. The average Bonchev–Trinajstić information content (AvgIpc) is 3.47. The van der Waals surface area contributed by atoms with Gasteiger partial charge in [0.25, 0.3) is 0 Å². The van der Waals surface area contributed by atoms with Crippen molar-refractivity contribution in [3.63, 3.8) is 0 Å². The second-order valence-electron chi connectivity index (χ2n) is 9.99. The molecule has 0 saturated carbocycles. The van der Waals surface area contributed by atoms with E-state index in [9.17, 15) is 9.18 Å². The van der Waals surface area contributed by atoms with Crippen molar-refractivity contribution in [1.82, 2.24) is 9.80 Å². The van der Waals surface area contributed by atoms with Crippen LogP contribution < -0.4 is 5.73 Å². The summed E-state index contributed by atoms with van der Waals surface area (Å²) in [5.74, 6) is 0.488. The van der Waals surface area contributed by atoms with Gasteiger partial charge in [0, 0.05) is 26.7 Å². The third kappa shape index (κ3) is 5.96. The monoisotopic (exact) mass is 515 g/mol. The number of nitrogens with zero attached hydrogens (tertiary/aromatic N) is 2. The fourth-order valence-electron chi connectivity index (χ4n) is 5.44. The Labute approximate surface area is 222 Å². The number of hydrogen-bond donors (Lipinski definition) is 1. The van der Waals surface area contributed by atoms with Crippen molar-refractivity contribution >= 4 is 16.7 Å². The van der Waals surface area contributed by atoms with Crippen LogP contribution in [0.1, 0.15) is 22.9 Å². The van der Waals surface area contributed by atoms with Crippen molar-refractivity contribution in [3.8, 4) is 0 Å². The largest absolute Gasteiger partial charge is 0.468 e. The molecule has 3 atom stereocenters. The van der Waals surface area contributed by atoms with Crippen LogP contribution in [0.4, 0.5) is 4.39 Å². The molecular weight excluding hydrogens is 481 g/mol. The number of rotatable bonds is 9. The molecule has 0 radical (unpaired) electrons. The van der Waals surface area contributed by atoms with Crippen LogP contribution in [0, 0.1) is 5.82 Å². The van der Waals surface area contributed by atoms with Crippen molar-refractivity contribution in [2.24, 2.45) is 5.73 Å². The van der Waals surface area contributed by atoms with Gasteiger partial charge in [-0.15, -0.1) is 0 Å². The van der Waals surface area contributed by atoms with Gasteiger partial charge >= 0.3 is 0 Å². The zero-order valence-electron chi connectivity index (χ0n) is 21.6. The molecule has 5 rings (SSSR count). The van der Waals surface area contributed by atoms with Crippen molar-refractivity contribution in [1.29, 1.82) is 0 Å². The molecule has 1 aliphatic heterocycles. The first-order valence-electron chi connectivity index (χ1n) is 13.1. The minimum Gasteiger partial charge on any atom is -0.468 e. The first kappa shape index (κ1) is 26.1. The number of amides is 1. The van der Waals surface area contributed by atoms with Crippen LogP contribution >= 0.6 is 0 Å². The molecule has 38 heavy (non-hydrogen) atoms. The van der Waals surface area contributed by atoms with Gasteiger partial charge < -0.3 is 19.8 Å². The SMILES string of the molecule is COCC1CN(C(Cc2ccc3ccccc3c2)c2ccco2)CCN1C(=O)C(N)Cc1ccc(F)cc1. The molecular formula is C31H34FN3O3. The summed E-state index contributed by atoms with van der Waals surface area (Å²) < 4.78 is 24.7. The Kier molecular flexibility index (Phi) is 8.17. The van der Waals surface area contributed by atoms with Crippen LogP contribution in [0.3, 0.4) is 0 Å². The van der Waals surface area contributed by atoms with Crippen LogP contribution in [0.15, 0.2) is 89.5 Å². The molecule has 7 heteroatoms. The fourth-order valence-corrected chi connectivity index (χ4v) is 5.44. The lowest BCUT2D eigenvalue weighted by Crippen LogP contribution is -2.60. The van der Waals surface area contributed by atoms with Crippen LogP contribution in [-0.2, 0) is 22.4 Å². The number of carbonyl (C=O) groups excluding carboxylic acids is 1. The number of methoxy groups -OCH3 is 1. The molecule has 0 spiro atoms. The van der Waals surface area contributed by atoms with Crippen LogP contribution in [0.25, 0.3) is 10.8 Å². The van der Waals surface area contributed by atoms with Gasteiger partial charge in [0.1, 0.15) is 11.6 Å². The van der Waals surface area contributed by atoms with Crippen molar-refractivity contribution in [3.05, 3.63) is 108 Å². The van der Waals surface area contributed by atoms with E-state index in [4.69, 9.17) is 14.9 Å². The van der Waals surface area contributed by atoms with Crippen molar-refractivity contribution in [2.75, 3.05) is 33.4 Å². The number of fused-ring (bicyclic) bond motifs is 1. The number of hydrogen-bond acceptors (Lipinski definition) is 5. The van der Waals surface area contributed by atoms with Gasteiger partial charge in [0.15, 0.2) is 0 Å². The third-order valence-electron chi connectivity index (χ3n) is 7.40. The van der Waals surface area contributed by atoms with Crippen molar-refractivity contribution in [2.45, 2.75) is 31.0 Å². The highest BCUT2D eigenvalue weighted by molar-refractivity contribution is 5.83. The topological polar surface area (TPSA) is 71.9 Å². The van der Waals surface area contributed by atoms with Gasteiger partial charge in [0.05, 0.1) is 31.0 Å². The number of halogens is 1. The Morgan fingerprint density at radius 3 is 2.50 bits per heavy atom. The van der Waals surface area contributed by atoms with Gasteiger partial charge in [-0.2, -0.15) is 0 Å². The quantitative estimate of drug-likeness (QED) is 0.353. The lowest BCUT2D eigenvalue weighted by Gasteiger charge is -2.44. The molecule has 3 aromatic carbocycles. The molecule has 198 valence electrons. The number of ether oxygens (including phenoxy) is 1. The van der Waals surface area contributed by atoms with E-state index in [2.05, 4.69) is 47.4 Å². The molecule has 2 heterocycles. The average molecular weight is 516 g/mol. The molecule has 0 aliphatic carbocycles. The molecule has 1 fully saturated rings. The molecule has 0 bridgehead atoms. The van der Waals surface area contributed by atoms with E-state index in [1.54, 1.807) is 25.5 Å². The summed E-state index contributed by atoms with van der Waals surface area (Å²) in [5.41, 5.74) is 8.41. The van der Waals surface area contributed by atoms with E-state index in [0.717, 1.165) is 17.7 Å². The minimum atomic E-state index is -0.704. The Morgan fingerprint density at radius 2 is 1.76 bits per heavy atom. The molecule has 1 amide bonds. The van der Waals surface area contributed by atoms with Crippen molar-refractivity contribution < 1.29 is 18.3 Å². The lowest BCUT2D eigenvalue weighted by atomic mass is 9.97. The minimum absolute atomic E-state index is 0.0238. The highest BCUT2D eigenvalue weighted by Crippen LogP contribution is 2.30. The molecule has 1 saturated heterocycles. The predicted octanol–water partition coefficient (Wildman–Crippen LogP) is 4.58. The highest BCUT2D eigenvalue weighted by atomic mass is 19.1. The maximum Gasteiger partial charge on any atom is 0.240 e. The Hall–Kier alpha value is -3.52. The predicted molar refractivity (Wildman–Crippen MR) is 146 cm³/mol. The maximum atomic E-state index is 13.4. The summed E-state index contributed by atoms with van der Waals surface area (Å²) in [6.45, 7) is 2.28. The van der Waals surface area contributed by atoms with E-state index in [1.165, 1.54) is 28.5 Å². The van der Waals surface area contributed by atoms with E-state index < -0.39 is 6.04 Å². The third-order valence-corrected chi connectivity index (χ3v) is 7.40. The normalized spacial score (nSPS) is 18.0. The van der Waals surface area contributed by atoms with Gasteiger partial charge in [-0.25, -0.2) is 4.39 Å². The Balaban J connectivity index is 1.32. The molecule has 1 aromatic heterocycles. The zero-order valence-corrected chi connectivity index (χ0v) is 21.6. The second-order valence-corrected chi connectivity index (χ2v) is 9.99. The van der Waals surface area contributed by atoms with E-state index in [1.807, 2.05) is 17.0 Å². The summed E-state index contributed by atoms with van der Waals surface area (Å²) in [6.07, 6.45) is 2.86. The van der Waals surface area contributed by atoms with E-state index >= 15 is 0 Å². The molecule has 4 aromatic rings. The molecule has 1 aliphatic rings. The van der Waals surface area contributed by atoms with Gasteiger partial charge in [-0.1, -0.05) is 54.6 Å². The van der Waals surface area contributed by atoms with Crippen LogP contribution in [-0.4, -0.2) is 61.1 Å². The zero-order chi connectivity index (χ0) is 26.5. The summed E-state index contributed by atoms with van der Waals surface area (Å²) in [4.78, 5) is 17.6. The Bertz CT molecular complexity index is 1340. The lowest BCUT2D eigenvalue weighted by molar-refractivity contribution is -0.140. The standard InChI is InChI=1S/C31H34FN3O3/c1-37-21-27-20-34(14-15-35(27)31(36)28(33)18-22-9-12-26(32)13-10-22)29(30-7-4-16-38-30)19-23-8-11-24-5-2-3-6-25(24)17-23/h2-13,16-17,27-29H,14-15,18-21,33H2,1H3. The summed E-state index contributed by atoms with van der Waals surface area (Å²) in [5, 5.41) is 2.43. The number of furan rings is 1. The van der Waals surface area contributed by atoms with Gasteiger partial charge in [0.2, 0.25) is 5.91 Å². The number of nitrogens with two attached hydrogens (primary N) is 1. The number of benzene rings is 3. The smallest absolute Gasteiger partial charge is 0.240 e. The number of carbonyl (C=O) groups is 1. The highest BCUT2D eigenvalue weighted by Gasteiger charge is 2.36. The number of piperazine rings is 1.